The average Bonchev–Trinajstić information content (AvgIpc) is 3.34. The van der Waals surface area contributed by atoms with E-state index in [0.717, 1.165) is 10.6 Å². The van der Waals surface area contributed by atoms with E-state index < -0.39 is 41.3 Å². The number of hydrogen-bond donors (Lipinski definition) is 2. The number of nitrogens with one attached hydrogen (secondary N) is 1. The molecule has 1 fully saturated rings. The average molecular weight is 674 g/mol. The summed E-state index contributed by atoms with van der Waals surface area (Å²) >= 11 is 9.19. The SMILES string of the molecule is CCc1c(N2CCN(c3nccc(Cl)c3O)CC2)c(=O)n2nc(Br)nc2n1CC(=O)Nc1ccc(C(F)(F)F)cc1F. The monoisotopic (exact) mass is 672 g/mol. The van der Waals surface area contributed by atoms with Gasteiger partial charge in [0.25, 0.3) is 5.56 Å². The standard InChI is InChI=1S/C25H22BrClF4N8O3/c1-2-17-19(36-7-9-37(10-8-36)21-20(41)14(27)5-6-32-21)22(42)39-24(34-23(26)35-39)38(17)12-18(40)33-16-4-3-13(11-15(16)28)25(29,30)31/h3-6,11,41H,2,7-10,12H2,1H3,(H,33,40). The number of amides is 1. The molecule has 1 aliphatic heterocycles. The van der Waals surface area contributed by atoms with Gasteiger partial charge in [0.15, 0.2) is 11.6 Å². The Balaban J connectivity index is 1.46. The zero-order valence-electron chi connectivity index (χ0n) is 21.8. The van der Waals surface area contributed by atoms with Crippen molar-refractivity contribution in [1.29, 1.82) is 0 Å². The van der Waals surface area contributed by atoms with Gasteiger partial charge in [-0.3, -0.25) is 9.59 Å². The number of piperazine rings is 1. The fourth-order valence-electron chi connectivity index (χ4n) is 4.82. The highest BCUT2D eigenvalue weighted by molar-refractivity contribution is 9.10. The smallest absolute Gasteiger partial charge is 0.416 e. The molecule has 4 aromatic rings. The quantitative estimate of drug-likeness (QED) is 0.294. The number of fused-ring (bicyclic) bond motifs is 1. The molecular weight excluding hydrogens is 652 g/mol. The van der Waals surface area contributed by atoms with Gasteiger partial charge in [0.05, 0.1) is 22.0 Å². The third kappa shape index (κ3) is 5.60. The Morgan fingerprint density at radius 1 is 1.17 bits per heavy atom. The van der Waals surface area contributed by atoms with Crippen LogP contribution in [0.3, 0.4) is 0 Å². The van der Waals surface area contributed by atoms with E-state index in [1.807, 2.05) is 9.80 Å². The molecule has 3 aromatic heterocycles. The molecule has 1 aromatic carbocycles. The molecule has 4 heterocycles. The molecule has 1 saturated heterocycles. The van der Waals surface area contributed by atoms with Crippen molar-refractivity contribution in [1.82, 2.24) is 24.1 Å². The van der Waals surface area contributed by atoms with Crippen molar-refractivity contribution >= 4 is 56.4 Å². The summed E-state index contributed by atoms with van der Waals surface area (Å²) in [6.45, 7) is 2.81. The van der Waals surface area contributed by atoms with E-state index >= 15 is 0 Å². The van der Waals surface area contributed by atoms with E-state index in [4.69, 9.17) is 11.6 Å². The maximum atomic E-state index is 14.4. The van der Waals surface area contributed by atoms with Crippen molar-refractivity contribution in [2.24, 2.45) is 0 Å². The molecule has 1 aliphatic rings. The van der Waals surface area contributed by atoms with Crippen LogP contribution in [0.25, 0.3) is 5.78 Å². The topological polar surface area (TPSA) is 121 Å². The summed E-state index contributed by atoms with van der Waals surface area (Å²) in [5.74, 6) is -1.79. The summed E-state index contributed by atoms with van der Waals surface area (Å²) in [4.78, 5) is 38.8. The second-order valence-corrected chi connectivity index (χ2v) is 10.4. The van der Waals surface area contributed by atoms with E-state index in [1.54, 1.807) is 6.92 Å². The minimum absolute atomic E-state index is 0.0437. The minimum Gasteiger partial charge on any atom is -0.503 e. The predicted molar refractivity (Wildman–Crippen MR) is 150 cm³/mol. The number of alkyl halides is 3. The Kier molecular flexibility index (Phi) is 8.02. The zero-order valence-corrected chi connectivity index (χ0v) is 24.1. The molecule has 0 saturated carbocycles. The molecule has 0 bridgehead atoms. The van der Waals surface area contributed by atoms with Crippen LogP contribution in [0.1, 0.15) is 18.2 Å². The number of carbonyl (C=O) groups excluding carboxylic acids is 1. The van der Waals surface area contributed by atoms with Crippen LogP contribution in [0.15, 0.2) is 40.0 Å². The summed E-state index contributed by atoms with van der Waals surface area (Å²) in [6.07, 6.45) is -2.96. The molecule has 1 amide bonds. The summed E-state index contributed by atoms with van der Waals surface area (Å²) in [5.41, 5.74) is -1.36. The van der Waals surface area contributed by atoms with Crippen molar-refractivity contribution in [3.63, 3.8) is 0 Å². The molecule has 0 aliphatic carbocycles. The summed E-state index contributed by atoms with van der Waals surface area (Å²) < 4.78 is 55.8. The van der Waals surface area contributed by atoms with Crippen LogP contribution in [-0.4, -0.2) is 61.3 Å². The van der Waals surface area contributed by atoms with E-state index in [0.29, 0.717) is 56.2 Å². The number of nitrogens with zero attached hydrogens (tertiary/aromatic N) is 7. The fourth-order valence-corrected chi connectivity index (χ4v) is 5.28. The normalized spacial score (nSPS) is 14.1. The lowest BCUT2D eigenvalue weighted by Gasteiger charge is -2.37. The first-order valence-corrected chi connectivity index (χ1v) is 13.7. The molecule has 0 atom stereocenters. The van der Waals surface area contributed by atoms with Gasteiger partial charge in [-0.2, -0.15) is 22.7 Å². The summed E-state index contributed by atoms with van der Waals surface area (Å²) in [6, 6.07) is 3.28. The lowest BCUT2D eigenvalue weighted by Crippen LogP contribution is -2.49. The van der Waals surface area contributed by atoms with Gasteiger partial charge in [-0.25, -0.2) is 9.37 Å². The summed E-state index contributed by atoms with van der Waals surface area (Å²) in [7, 11) is 0. The van der Waals surface area contributed by atoms with Gasteiger partial charge in [0.1, 0.15) is 18.0 Å². The molecule has 2 N–H and O–H groups in total. The lowest BCUT2D eigenvalue weighted by atomic mass is 10.2. The Bertz CT molecular complexity index is 1740. The van der Waals surface area contributed by atoms with Gasteiger partial charge in [0, 0.05) is 32.4 Å². The molecule has 0 radical (unpaired) electrons. The highest BCUT2D eigenvalue weighted by Gasteiger charge is 2.32. The molecule has 0 unspecified atom stereocenters. The van der Waals surface area contributed by atoms with Crippen LogP contribution in [0.5, 0.6) is 5.75 Å². The Morgan fingerprint density at radius 2 is 1.86 bits per heavy atom. The van der Waals surface area contributed by atoms with Crippen LogP contribution in [0.4, 0.5) is 34.8 Å². The number of aromatic nitrogens is 5. The number of hydrogen-bond acceptors (Lipinski definition) is 8. The van der Waals surface area contributed by atoms with Crippen LogP contribution >= 0.6 is 27.5 Å². The maximum Gasteiger partial charge on any atom is 0.416 e. The van der Waals surface area contributed by atoms with Gasteiger partial charge in [0.2, 0.25) is 16.4 Å². The van der Waals surface area contributed by atoms with E-state index in [1.165, 1.54) is 16.8 Å². The van der Waals surface area contributed by atoms with Crippen LogP contribution < -0.4 is 20.7 Å². The Labute approximate surface area is 248 Å². The maximum absolute atomic E-state index is 14.4. The highest BCUT2D eigenvalue weighted by Crippen LogP contribution is 2.33. The van der Waals surface area contributed by atoms with Gasteiger partial charge in [-0.05, 0) is 46.6 Å². The third-order valence-electron chi connectivity index (χ3n) is 6.76. The van der Waals surface area contributed by atoms with E-state index in [-0.39, 0.29) is 27.0 Å². The van der Waals surface area contributed by atoms with Crippen molar-refractivity contribution in [2.45, 2.75) is 26.1 Å². The molecule has 222 valence electrons. The first kappa shape index (κ1) is 29.6. The number of halogens is 6. The van der Waals surface area contributed by atoms with Gasteiger partial charge in [-0.1, -0.05) is 18.5 Å². The largest absolute Gasteiger partial charge is 0.503 e. The number of aromatic hydroxyl groups is 1. The van der Waals surface area contributed by atoms with Crippen molar-refractivity contribution in [2.75, 3.05) is 41.3 Å². The first-order chi connectivity index (χ1) is 19.9. The first-order valence-electron chi connectivity index (χ1n) is 12.6. The lowest BCUT2D eigenvalue weighted by molar-refractivity contribution is -0.137. The minimum atomic E-state index is -4.74. The number of anilines is 3. The van der Waals surface area contributed by atoms with Gasteiger partial charge < -0.3 is 24.8 Å². The van der Waals surface area contributed by atoms with Crippen LogP contribution in [-0.2, 0) is 23.9 Å². The molecule has 17 heteroatoms. The van der Waals surface area contributed by atoms with E-state index in [2.05, 4.69) is 36.3 Å². The Hall–Kier alpha value is -3.92. The number of carbonyl (C=O) groups is 1. The van der Waals surface area contributed by atoms with Gasteiger partial charge >= 0.3 is 6.18 Å². The number of rotatable bonds is 6. The highest BCUT2D eigenvalue weighted by atomic mass is 79.9. The molecule has 11 nitrogen and oxygen atoms in total. The van der Waals surface area contributed by atoms with E-state index in [9.17, 15) is 32.3 Å². The molecule has 42 heavy (non-hydrogen) atoms. The van der Waals surface area contributed by atoms with Crippen molar-refractivity contribution in [3.05, 3.63) is 67.6 Å². The van der Waals surface area contributed by atoms with Gasteiger partial charge in [-0.15, -0.1) is 5.10 Å². The second-order valence-electron chi connectivity index (χ2n) is 9.31. The van der Waals surface area contributed by atoms with Crippen LogP contribution in [0.2, 0.25) is 5.02 Å². The zero-order chi connectivity index (χ0) is 30.3. The molecular formula is C25H22BrClF4N8O3. The van der Waals surface area contributed by atoms with Crippen molar-refractivity contribution in [3.8, 4) is 5.75 Å². The number of benzene rings is 1. The third-order valence-corrected chi connectivity index (χ3v) is 7.40. The summed E-state index contributed by atoms with van der Waals surface area (Å²) in [5, 5.41) is 16.9. The molecule has 5 rings (SSSR count). The van der Waals surface area contributed by atoms with Crippen LogP contribution in [0, 0.1) is 5.82 Å². The Morgan fingerprint density at radius 3 is 2.50 bits per heavy atom. The fraction of sp³-hybridized carbons (Fsp3) is 0.320. The van der Waals surface area contributed by atoms with Crippen molar-refractivity contribution < 1.29 is 27.5 Å². The second kappa shape index (κ2) is 11.4. The molecule has 0 spiro atoms. The number of pyridine rings is 1. The predicted octanol–water partition coefficient (Wildman–Crippen LogP) is 4.09.